The molecule has 3 aromatic rings. The number of rotatable bonds is 28. The molecule has 2 aliphatic carbocycles. The average Bonchev–Trinajstić information content (AvgIpc) is 3.32. The zero-order valence-electron chi connectivity index (χ0n) is 37.1. The van der Waals surface area contributed by atoms with E-state index < -0.39 is 23.8 Å². The van der Waals surface area contributed by atoms with E-state index in [0.717, 1.165) is 53.9 Å². The number of carbonyl (C=O) groups excluding carboxylic acids is 1. The molecule has 1 saturated carbocycles. The third-order valence-electron chi connectivity index (χ3n) is 12.1. The van der Waals surface area contributed by atoms with Gasteiger partial charge in [-0.05, 0) is 79.0 Å². The van der Waals surface area contributed by atoms with Crippen LogP contribution < -0.4 is 9.47 Å². The minimum atomic E-state index is -1.47. The number of aliphatic hydroxyl groups excluding tert-OH is 3. The predicted octanol–water partition coefficient (Wildman–Crippen LogP) is 7.79. The SMILES string of the molecule is C=CCO[C@@]12Oc3ccc(OCCSc4ccccc4)cc3[C@H]3[C@H](CCCCO)[C@@H](CCCCO)C=C(C(=NOC)C[C@@H]1N(CCOCCO)C(=O)OCCOCc1ccccc1)[C@H]32. The lowest BCUT2D eigenvalue weighted by atomic mass is 9.55. The van der Waals surface area contributed by atoms with E-state index >= 15 is 0 Å². The molecular weight excluding hydrogens is 837 g/mol. The van der Waals surface area contributed by atoms with Crippen LogP contribution in [0.5, 0.6) is 11.5 Å². The molecular formula is C50H66N2O11S. The first kappa shape index (κ1) is 49.0. The van der Waals surface area contributed by atoms with Crippen LogP contribution in [-0.2, 0) is 30.4 Å². The average molecular weight is 903 g/mol. The first-order valence-electron chi connectivity index (χ1n) is 22.6. The first-order valence-corrected chi connectivity index (χ1v) is 23.6. The lowest BCUT2D eigenvalue weighted by molar-refractivity contribution is -0.256. The monoisotopic (exact) mass is 902 g/mol. The third kappa shape index (κ3) is 12.7. The van der Waals surface area contributed by atoms with Gasteiger partial charge in [-0.1, -0.05) is 78.7 Å². The topological polar surface area (TPSA) is 158 Å². The van der Waals surface area contributed by atoms with Crippen LogP contribution in [0.1, 0.15) is 62.0 Å². The largest absolute Gasteiger partial charge is 0.493 e. The van der Waals surface area contributed by atoms with Crippen LogP contribution in [0.3, 0.4) is 0 Å². The molecule has 0 radical (unpaired) electrons. The van der Waals surface area contributed by atoms with Crippen LogP contribution in [0.2, 0.25) is 0 Å². The smallest absolute Gasteiger partial charge is 0.410 e. The molecule has 0 saturated heterocycles. The van der Waals surface area contributed by atoms with Crippen molar-refractivity contribution in [3.8, 4) is 11.5 Å². The Morgan fingerprint density at radius 2 is 1.67 bits per heavy atom. The van der Waals surface area contributed by atoms with Crippen molar-refractivity contribution >= 4 is 23.6 Å². The molecule has 6 rings (SSSR count). The highest BCUT2D eigenvalue weighted by Crippen LogP contribution is 2.62. The first-order chi connectivity index (χ1) is 31.5. The van der Waals surface area contributed by atoms with E-state index in [4.69, 9.17) is 33.3 Å². The second kappa shape index (κ2) is 25.9. The molecule has 1 amide bonds. The number of hydrogen-bond acceptors (Lipinski definition) is 13. The van der Waals surface area contributed by atoms with Crippen LogP contribution in [-0.4, -0.2) is 123 Å². The molecule has 6 atom stereocenters. The van der Waals surface area contributed by atoms with Crippen molar-refractivity contribution in [3.05, 3.63) is 114 Å². The van der Waals surface area contributed by atoms with Crippen LogP contribution in [0.25, 0.3) is 0 Å². The summed E-state index contributed by atoms with van der Waals surface area (Å²) in [6, 6.07) is 25.2. The molecule has 3 aliphatic rings. The van der Waals surface area contributed by atoms with E-state index in [0.29, 0.717) is 37.5 Å². The van der Waals surface area contributed by atoms with Gasteiger partial charge >= 0.3 is 6.09 Å². The molecule has 0 unspecified atom stereocenters. The van der Waals surface area contributed by atoms with Crippen LogP contribution >= 0.6 is 11.8 Å². The second-order valence-electron chi connectivity index (χ2n) is 16.1. The summed E-state index contributed by atoms with van der Waals surface area (Å²) < 4.78 is 38.4. The maximum absolute atomic E-state index is 14.5. The number of fused-ring (bicyclic) bond motifs is 2. The van der Waals surface area contributed by atoms with Gasteiger partial charge < -0.3 is 48.6 Å². The van der Waals surface area contributed by atoms with Crippen molar-refractivity contribution in [2.75, 3.05) is 78.9 Å². The van der Waals surface area contributed by atoms with E-state index in [1.165, 1.54) is 12.0 Å². The number of thioether (sulfide) groups is 1. The van der Waals surface area contributed by atoms with Crippen molar-refractivity contribution in [2.45, 2.75) is 74.2 Å². The molecule has 1 fully saturated rings. The second-order valence-corrected chi connectivity index (χ2v) is 17.3. The van der Waals surface area contributed by atoms with Crippen molar-refractivity contribution < 1.29 is 53.4 Å². The summed E-state index contributed by atoms with van der Waals surface area (Å²) in [5.41, 5.74) is 3.57. The summed E-state index contributed by atoms with van der Waals surface area (Å²) in [5.74, 6) is 0.0583. The van der Waals surface area contributed by atoms with Crippen LogP contribution in [0, 0.1) is 17.8 Å². The normalized spacial score (nSPS) is 22.7. The Morgan fingerprint density at radius 3 is 2.41 bits per heavy atom. The van der Waals surface area contributed by atoms with Gasteiger partial charge in [0, 0.05) is 48.3 Å². The van der Waals surface area contributed by atoms with Crippen LogP contribution in [0.4, 0.5) is 4.79 Å². The minimum Gasteiger partial charge on any atom is -0.493 e. The summed E-state index contributed by atoms with van der Waals surface area (Å²) in [6.07, 6.45) is 8.16. The number of aliphatic hydroxyl groups is 3. The summed E-state index contributed by atoms with van der Waals surface area (Å²) in [5, 5.41) is 34.0. The maximum Gasteiger partial charge on any atom is 0.410 e. The summed E-state index contributed by atoms with van der Waals surface area (Å²) >= 11 is 1.73. The van der Waals surface area contributed by atoms with Crippen molar-refractivity contribution in [1.29, 1.82) is 0 Å². The summed E-state index contributed by atoms with van der Waals surface area (Å²) in [7, 11) is 1.52. The number of carbonyl (C=O) groups is 1. The standard InChI is InChI=1S/C50H66N2O11S/c1-3-26-62-50-46(52(22-27-58-28-25-55)49(56)61-30-29-59-36-37-14-6-4-7-15-37)35-44(51-57-2)42-33-38(16-10-12-23-53)41(19-11-13-24-54)47(48(42)50)43-34-39(20-21-45(43)63-50)60-31-32-64-40-17-8-5-9-18-40/h3-9,14-15,17-18,20-21,33-34,38,41,46-48,53-55H,1,10-13,16,19,22-32,35-36H2,2H3/t38-,41+,46-,47+,48+,50+/m0/s1. The number of ether oxygens (including phenoxy) is 6. The Labute approximate surface area is 382 Å². The van der Waals surface area contributed by atoms with Gasteiger partial charge in [0.25, 0.3) is 0 Å². The molecule has 3 aromatic carbocycles. The fourth-order valence-corrected chi connectivity index (χ4v) is 10.2. The molecule has 13 nitrogen and oxygen atoms in total. The lowest BCUT2D eigenvalue weighted by Gasteiger charge is -2.59. The highest BCUT2D eigenvalue weighted by atomic mass is 32.2. The lowest BCUT2D eigenvalue weighted by Crippen LogP contribution is -2.70. The predicted molar refractivity (Wildman–Crippen MR) is 247 cm³/mol. The van der Waals surface area contributed by atoms with E-state index in [9.17, 15) is 20.1 Å². The molecule has 1 aliphatic heterocycles. The van der Waals surface area contributed by atoms with Gasteiger partial charge in [-0.3, -0.25) is 4.90 Å². The van der Waals surface area contributed by atoms with Gasteiger partial charge in [0.2, 0.25) is 5.79 Å². The van der Waals surface area contributed by atoms with Crippen molar-refractivity contribution in [1.82, 2.24) is 4.90 Å². The van der Waals surface area contributed by atoms with E-state index in [1.54, 1.807) is 22.7 Å². The number of nitrogens with zero attached hydrogens (tertiary/aromatic N) is 2. The molecule has 0 bridgehead atoms. The Kier molecular flexibility index (Phi) is 19.9. The van der Waals surface area contributed by atoms with Gasteiger partial charge in [0.15, 0.2) is 0 Å². The van der Waals surface area contributed by atoms with E-state index in [2.05, 4.69) is 36.0 Å². The Morgan fingerprint density at radius 1 is 0.906 bits per heavy atom. The Balaban J connectivity index is 1.41. The minimum absolute atomic E-state index is 0.00188. The number of unbranched alkanes of at least 4 members (excludes halogenated alkanes) is 2. The van der Waals surface area contributed by atoms with Crippen molar-refractivity contribution in [3.63, 3.8) is 0 Å². The maximum atomic E-state index is 14.5. The Bertz CT molecular complexity index is 1930. The third-order valence-corrected chi connectivity index (χ3v) is 13.1. The summed E-state index contributed by atoms with van der Waals surface area (Å²) in [6.45, 7) is 5.50. The number of amides is 1. The zero-order valence-corrected chi connectivity index (χ0v) is 37.9. The number of oxime groups is 1. The van der Waals surface area contributed by atoms with E-state index in [-0.39, 0.29) is 83.6 Å². The molecule has 0 spiro atoms. The fraction of sp³-hybridized carbons (Fsp3) is 0.520. The van der Waals surface area contributed by atoms with Gasteiger partial charge in [-0.25, -0.2) is 4.79 Å². The van der Waals surface area contributed by atoms with Gasteiger partial charge in [0.1, 0.15) is 31.3 Å². The quantitative estimate of drug-likeness (QED) is 0.0282. The molecule has 3 N–H and O–H groups in total. The fourth-order valence-electron chi connectivity index (χ4n) is 9.42. The molecule has 348 valence electrons. The van der Waals surface area contributed by atoms with Gasteiger partial charge in [-0.15, -0.1) is 18.3 Å². The van der Waals surface area contributed by atoms with E-state index in [1.807, 2.05) is 60.7 Å². The van der Waals surface area contributed by atoms with Gasteiger partial charge in [-0.2, -0.15) is 0 Å². The zero-order chi connectivity index (χ0) is 45.0. The molecule has 64 heavy (non-hydrogen) atoms. The summed E-state index contributed by atoms with van der Waals surface area (Å²) in [4.78, 5) is 22.9. The molecule has 0 aromatic heterocycles. The number of hydrogen-bond donors (Lipinski definition) is 3. The number of allylic oxidation sites excluding steroid dienone is 1. The highest BCUT2D eigenvalue weighted by molar-refractivity contribution is 7.99. The molecule has 1 heterocycles. The van der Waals surface area contributed by atoms with Crippen LogP contribution in [0.15, 0.2) is 113 Å². The van der Waals surface area contributed by atoms with Gasteiger partial charge in [0.05, 0.1) is 57.9 Å². The Hall–Kier alpha value is -4.41. The van der Waals surface area contributed by atoms with Crippen molar-refractivity contribution in [2.24, 2.45) is 22.9 Å². The molecule has 14 heteroatoms. The number of benzene rings is 3. The highest BCUT2D eigenvalue weighted by Gasteiger charge is 2.65.